The van der Waals surface area contributed by atoms with Gasteiger partial charge in [0.2, 0.25) is 0 Å². The normalized spacial score (nSPS) is 15.6. The lowest BCUT2D eigenvalue weighted by atomic mass is 10.1. The Kier molecular flexibility index (Phi) is 5.00. The molecule has 1 heterocycles. The number of hydrogen-bond acceptors (Lipinski definition) is 5. The van der Waals surface area contributed by atoms with Crippen LogP contribution in [0.5, 0.6) is 11.5 Å². The van der Waals surface area contributed by atoms with E-state index < -0.39 is 5.82 Å². The molecule has 1 aliphatic heterocycles. The predicted molar refractivity (Wildman–Crippen MR) is 95.2 cm³/mol. The topological polar surface area (TPSA) is 55.2 Å². The molecule has 0 aliphatic carbocycles. The summed E-state index contributed by atoms with van der Waals surface area (Å²) in [6.07, 6.45) is 0. The summed E-state index contributed by atoms with van der Waals surface area (Å²) >= 11 is 1.49. The zero-order chi connectivity index (χ0) is 16.9. The molecule has 2 aromatic carbocycles. The minimum atomic E-state index is -0.406. The maximum atomic E-state index is 13.8. The molecule has 0 bridgehead atoms. The molecule has 124 valence electrons. The van der Waals surface area contributed by atoms with E-state index in [9.17, 15) is 4.39 Å². The van der Waals surface area contributed by atoms with E-state index in [2.05, 4.69) is 15.5 Å². The first kappa shape index (κ1) is 16.3. The van der Waals surface area contributed by atoms with Crippen LogP contribution < -0.4 is 14.9 Å². The molecule has 1 N–H and O–H groups in total. The fraction of sp³-hybridized carbons (Fsp3) is 0.176. The molecule has 7 heteroatoms. The highest BCUT2D eigenvalue weighted by molar-refractivity contribution is 8.14. The predicted octanol–water partition coefficient (Wildman–Crippen LogP) is 3.57. The summed E-state index contributed by atoms with van der Waals surface area (Å²) < 4.78 is 24.0. The summed E-state index contributed by atoms with van der Waals surface area (Å²) in [6.45, 7) is 0. The Morgan fingerprint density at radius 1 is 1.12 bits per heavy atom. The second kappa shape index (κ2) is 7.35. The number of rotatable bonds is 4. The summed E-state index contributed by atoms with van der Waals surface area (Å²) in [5.41, 5.74) is 5.10. The number of nitrogens with zero attached hydrogens (tertiary/aromatic N) is 2. The second-order valence-corrected chi connectivity index (χ2v) is 5.86. The fourth-order valence-corrected chi connectivity index (χ4v) is 2.98. The number of benzene rings is 2. The van der Waals surface area contributed by atoms with Crippen LogP contribution in [0.2, 0.25) is 0 Å². The molecule has 5 nitrogen and oxygen atoms in total. The van der Waals surface area contributed by atoms with Crippen LogP contribution in [-0.2, 0) is 0 Å². The van der Waals surface area contributed by atoms with Crippen LogP contribution in [0.15, 0.2) is 52.6 Å². The minimum absolute atomic E-state index is 0.217. The lowest BCUT2D eigenvalue weighted by molar-refractivity contribution is 0.386. The number of hydrazone groups is 1. The van der Waals surface area contributed by atoms with Gasteiger partial charge in [-0.25, -0.2) is 9.38 Å². The van der Waals surface area contributed by atoms with Crippen molar-refractivity contribution in [1.29, 1.82) is 0 Å². The summed E-state index contributed by atoms with van der Waals surface area (Å²) in [6, 6.07) is 12.3. The molecule has 0 amide bonds. The summed E-state index contributed by atoms with van der Waals surface area (Å²) in [5, 5.41) is 4.96. The van der Waals surface area contributed by atoms with Crippen LogP contribution in [0.4, 0.5) is 10.1 Å². The van der Waals surface area contributed by atoms with Gasteiger partial charge in [0, 0.05) is 11.3 Å². The van der Waals surface area contributed by atoms with E-state index in [0.717, 1.165) is 11.4 Å². The average molecular weight is 345 g/mol. The van der Waals surface area contributed by atoms with Gasteiger partial charge in [-0.2, -0.15) is 5.10 Å². The van der Waals surface area contributed by atoms with E-state index in [1.54, 1.807) is 19.2 Å². The van der Waals surface area contributed by atoms with E-state index >= 15 is 0 Å². The summed E-state index contributed by atoms with van der Waals surface area (Å²) in [7, 11) is 3.04. The Labute approximate surface area is 143 Å². The molecule has 0 radical (unpaired) electrons. The largest absolute Gasteiger partial charge is 0.494 e. The van der Waals surface area contributed by atoms with Gasteiger partial charge >= 0.3 is 0 Å². The molecule has 0 saturated carbocycles. The lowest BCUT2D eigenvalue weighted by Gasteiger charge is -2.15. The molecular weight excluding hydrogens is 329 g/mol. The highest BCUT2D eigenvalue weighted by Gasteiger charge is 2.15. The quantitative estimate of drug-likeness (QED) is 0.920. The van der Waals surface area contributed by atoms with Crippen LogP contribution in [0.25, 0.3) is 0 Å². The molecule has 2 aromatic rings. The third kappa shape index (κ3) is 3.51. The number of halogens is 1. The van der Waals surface area contributed by atoms with Gasteiger partial charge in [-0.15, -0.1) is 0 Å². The van der Waals surface area contributed by atoms with Crippen molar-refractivity contribution in [2.45, 2.75) is 0 Å². The third-order valence-electron chi connectivity index (χ3n) is 3.42. The number of methoxy groups -OCH3 is 2. The van der Waals surface area contributed by atoms with E-state index in [1.165, 1.54) is 24.9 Å². The summed E-state index contributed by atoms with van der Waals surface area (Å²) in [5.74, 6) is 1.09. The maximum absolute atomic E-state index is 13.8. The first-order valence-electron chi connectivity index (χ1n) is 7.22. The molecular formula is C17H16FN3O2S. The van der Waals surface area contributed by atoms with Gasteiger partial charge in [-0.3, -0.25) is 5.43 Å². The molecule has 0 spiro atoms. The molecule has 24 heavy (non-hydrogen) atoms. The molecule has 0 unspecified atom stereocenters. The van der Waals surface area contributed by atoms with Gasteiger partial charge in [0.05, 0.1) is 19.9 Å². The van der Waals surface area contributed by atoms with Crippen molar-refractivity contribution < 1.29 is 13.9 Å². The van der Waals surface area contributed by atoms with Gasteiger partial charge in [-0.1, -0.05) is 23.9 Å². The molecule has 0 aromatic heterocycles. The zero-order valence-electron chi connectivity index (χ0n) is 13.2. The van der Waals surface area contributed by atoms with E-state index in [0.29, 0.717) is 22.2 Å². The second-order valence-electron chi connectivity index (χ2n) is 4.90. The van der Waals surface area contributed by atoms with Crippen LogP contribution in [0.1, 0.15) is 5.56 Å². The first-order chi connectivity index (χ1) is 11.7. The average Bonchev–Trinajstić information content (AvgIpc) is 2.63. The highest BCUT2D eigenvalue weighted by Crippen LogP contribution is 2.28. The number of amidine groups is 1. The lowest BCUT2D eigenvalue weighted by Crippen LogP contribution is -2.25. The van der Waals surface area contributed by atoms with Crippen LogP contribution in [-0.4, -0.2) is 30.9 Å². The maximum Gasteiger partial charge on any atom is 0.182 e. The van der Waals surface area contributed by atoms with Crippen LogP contribution >= 0.6 is 11.8 Å². The SMILES string of the molecule is COc1ccc(C2=NNC(=Nc3ccccc3OC)SC2)cc1F. The van der Waals surface area contributed by atoms with Crippen molar-refractivity contribution in [2.24, 2.45) is 10.1 Å². The number of aliphatic imine (C=N–C) groups is 1. The Morgan fingerprint density at radius 2 is 1.92 bits per heavy atom. The standard InChI is InChI=1S/C17H16FN3O2S/c1-22-15-8-7-11(9-12(15)18)14-10-24-17(21-20-14)19-13-5-3-4-6-16(13)23-2/h3-9H,10H2,1-2H3,(H,19,21). The number of nitrogens with one attached hydrogen (secondary N) is 1. The van der Waals surface area contributed by atoms with Crippen molar-refractivity contribution in [2.75, 3.05) is 20.0 Å². The molecule has 0 fully saturated rings. The summed E-state index contributed by atoms with van der Waals surface area (Å²) in [4.78, 5) is 4.50. The molecule has 3 rings (SSSR count). The van der Waals surface area contributed by atoms with E-state index in [1.807, 2.05) is 24.3 Å². The van der Waals surface area contributed by atoms with Crippen molar-refractivity contribution >= 4 is 28.3 Å². The van der Waals surface area contributed by atoms with Gasteiger partial charge in [0.25, 0.3) is 0 Å². The Balaban J connectivity index is 1.79. The van der Waals surface area contributed by atoms with Gasteiger partial charge in [-0.05, 0) is 30.3 Å². The molecule has 0 atom stereocenters. The van der Waals surface area contributed by atoms with Crippen molar-refractivity contribution in [1.82, 2.24) is 5.43 Å². The van der Waals surface area contributed by atoms with E-state index in [4.69, 9.17) is 9.47 Å². The van der Waals surface area contributed by atoms with Crippen molar-refractivity contribution in [3.8, 4) is 11.5 Å². The van der Waals surface area contributed by atoms with Crippen LogP contribution in [0, 0.1) is 5.82 Å². The monoisotopic (exact) mass is 345 g/mol. The van der Waals surface area contributed by atoms with E-state index in [-0.39, 0.29) is 5.75 Å². The molecule has 1 aliphatic rings. The highest BCUT2D eigenvalue weighted by atomic mass is 32.2. The van der Waals surface area contributed by atoms with Crippen molar-refractivity contribution in [3.63, 3.8) is 0 Å². The van der Waals surface area contributed by atoms with Gasteiger partial charge in [0.1, 0.15) is 11.4 Å². The Bertz CT molecular complexity index is 808. The number of para-hydroxylation sites is 2. The first-order valence-corrected chi connectivity index (χ1v) is 8.21. The minimum Gasteiger partial charge on any atom is -0.494 e. The zero-order valence-corrected chi connectivity index (χ0v) is 14.1. The number of hydrogen-bond donors (Lipinski definition) is 1. The van der Waals surface area contributed by atoms with Crippen LogP contribution in [0.3, 0.4) is 0 Å². The van der Waals surface area contributed by atoms with Crippen molar-refractivity contribution in [3.05, 3.63) is 53.8 Å². The third-order valence-corrected chi connectivity index (χ3v) is 4.30. The fourth-order valence-electron chi connectivity index (χ4n) is 2.20. The Morgan fingerprint density at radius 3 is 2.58 bits per heavy atom. The smallest absolute Gasteiger partial charge is 0.182 e. The number of ether oxygens (including phenoxy) is 2. The Hall–Kier alpha value is -2.54. The molecule has 0 saturated heterocycles. The number of thioether (sulfide) groups is 1. The van der Waals surface area contributed by atoms with Gasteiger partial charge < -0.3 is 9.47 Å². The van der Waals surface area contributed by atoms with Gasteiger partial charge in [0.15, 0.2) is 16.7 Å².